The maximum absolute atomic E-state index is 5.19. The fraction of sp³-hybridized carbons (Fsp3) is 0. The molecule has 3 heterocycles. The van der Waals surface area contributed by atoms with Crippen LogP contribution in [0, 0.1) is 0 Å². The minimum absolute atomic E-state index is 0.881. The van der Waals surface area contributed by atoms with Crippen molar-refractivity contribution in [2.24, 2.45) is 0 Å². The Hall–Kier alpha value is -5.84. The lowest BCUT2D eigenvalue weighted by molar-refractivity contribution is 1.18. The maximum Gasteiger partial charge on any atom is 0.0973 e. The molecule has 0 aliphatic rings. The zero-order valence-electron chi connectivity index (χ0n) is 24.7. The van der Waals surface area contributed by atoms with E-state index < -0.39 is 0 Å². The molecule has 0 spiro atoms. The van der Waals surface area contributed by atoms with Gasteiger partial charge in [-0.1, -0.05) is 103 Å². The van der Waals surface area contributed by atoms with Crippen molar-refractivity contribution in [3.8, 4) is 28.2 Å². The van der Waals surface area contributed by atoms with Gasteiger partial charge in [0.2, 0.25) is 0 Å². The second-order valence-corrected chi connectivity index (χ2v) is 12.9. The van der Waals surface area contributed by atoms with E-state index in [1.54, 1.807) is 0 Å². The van der Waals surface area contributed by atoms with Crippen molar-refractivity contribution in [2.75, 3.05) is 0 Å². The van der Waals surface area contributed by atoms with Gasteiger partial charge in [0.15, 0.2) is 0 Å². The average Bonchev–Trinajstić information content (AvgIpc) is 3.65. The smallest absolute Gasteiger partial charge is 0.0973 e. The van der Waals surface area contributed by atoms with Crippen LogP contribution < -0.4 is 0 Å². The van der Waals surface area contributed by atoms with Crippen molar-refractivity contribution >= 4 is 75.1 Å². The fourth-order valence-corrected chi connectivity index (χ4v) is 8.21. The molecule has 46 heavy (non-hydrogen) atoms. The molecule has 0 saturated carbocycles. The summed E-state index contributed by atoms with van der Waals surface area (Å²) < 4.78 is 5.03. The van der Waals surface area contributed by atoms with Crippen molar-refractivity contribution < 1.29 is 0 Å². The van der Waals surface area contributed by atoms with Gasteiger partial charge >= 0.3 is 0 Å². The van der Waals surface area contributed by atoms with Crippen LogP contribution in [0.15, 0.2) is 152 Å². The average molecular weight is 604 g/mol. The molecule has 10 rings (SSSR count). The number of nitrogens with zero attached hydrogens (tertiary/aromatic N) is 3. The molecule has 3 aromatic heterocycles. The number of fused-ring (bicyclic) bond motifs is 9. The highest BCUT2D eigenvalue weighted by Crippen LogP contribution is 2.43. The molecular formula is C42H25N3S. The highest BCUT2D eigenvalue weighted by atomic mass is 32.1. The SMILES string of the molecule is c1ccc(-c2nc3ccccc3nc2-c2cccc(-n3c4ccccc4c4cc5c(cc43)sc3ccc4ccccc4c35)c2)cc1. The van der Waals surface area contributed by atoms with E-state index in [-0.39, 0.29) is 0 Å². The molecular weight excluding hydrogens is 579 g/mol. The van der Waals surface area contributed by atoms with Crippen LogP contribution >= 0.6 is 11.3 Å². The number of rotatable bonds is 3. The Morgan fingerprint density at radius 1 is 0.435 bits per heavy atom. The van der Waals surface area contributed by atoms with Gasteiger partial charge < -0.3 is 4.57 Å². The van der Waals surface area contributed by atoms with E-state index in [0.717, 1.165) is 39.2 Å². The summed E-state index contributed by atoms with van der Waals surface area (Å²) in [5.41, 5.74) is 9.13. The quantitative estimate of drug-likeness (QED) is 0.201. The third kappa shape index (κ3) is 3.77. The second kappa shape index (κ2) is 9.83. The summed E-state index contributed by atoms with van der Waals surface area (Å²) in [7, 11) is 0. The number of hydrogen-bond donors (Lipinski definition) is 0. The van der Waals surface area contributed by atoms with E-state index in [0.29, 0.717) is 0 Å². The highest BCUT2D eigenvalue weighted by Gasteiger charge is 2.18. The molecule has 214 valence electrons. The second-order valence-electron chi connectivity index (χ2n) is 11.8. The van der Waals surface area contributed by atoms with E-state index in [9.17, 15) is 0 Å². The summed E-state index contributed by atoms with van der Waals surface area (Å²) in [5, 5.41) is 7.77. The van der Waals surface area contributed by atoms with E-state index in [4.69, 9.17) is 9.97 Å². The molecule has 7 aromatic carbocycles. The van der Waals surface area contributed by atoms with Crippen LogP contribution in [0.2, 0.25) is 0 Å². The molecule has 10 aromatic rings. The van der Waals surface area contributed by atoms with Gasteiger partial charge in [-0.15, -0.1) is 11.3 Å². The zero-order chi connectivity index (χ0) is 30.2. The fourth-order valence-electron chi connectivity index (χ4n) is 7.08. The molecule has 3 nitrogen and oxygen atoms in total. The molecule has 0 unspecified atom stereocenters. The monoisotopic (exact) mass is 603 g/mol. The van der Waals surface area contributed by atoms with E-state index in [1.807, 2.05) is 41.7 Å². The summed E-state index contributed by atoms with van der Waals surface area (Å²) in [6.45, 7) is 0. The van der Waals surface area contributed by atoms with Gasteiger partial charge in [-0.2, -0.15) is 0 Å². The Labute approximate surface area is 268 Å². The first-order valence-electron chi connectivity index (χ1n) is 15.5. The lowest BCUT2D eigenvalue weighted by Gasteiger charge is -2.13. The molecule has 0 saturated heterocycles. The zero-order valence-corrected chi connectivity index (χ0v) is 25.5. The minimum atomic E-state index is 0.881. The Bertz CT molecular complexity index is 2810. The van der Waals surface area contributed by atoms with Crippen molar-refractivity contribution in [3.63, 3.8) is 0 Å². The van der Waals surface area contributed by atoms with E-state index in [2.05, 4.69) is 126 Å². The predicted octanol–water partition coefficient (Wildman–Crippen LogP) is 11.6. The third-order valence-electron chi connectivity index (χ3n) is 9.15. The van der Waals surface area contributed by atoms with Gasteiger partial charge in [0, 0.05) is 47.8 Å². The number of benzene rings is 7. The summed E-state index contributed by atoms with van der Waals surface area (Å²) in [6, 6.07) is 54.1. The molecule has 0 fully saturated rings. The first-order chi connectivity index (χ1) is 22.8. The molecule has 0 atom stereocenters. The molecule has 0 aliphatic heterocycles. The first-order valence-corrected chi connectivity index (χ1v) is 16.3. The lowest BCUT2D eigenvalue weighted by Crippen LogP contribution is -1.98. The van der Waals surface area contributed by atoms with Gasteiger partial charge in [0.25, 0.3) is 0 Å². The van der Waals surface area contributed by atoms with Crippen molar-refractivity contribution in [3.05, 3.63) is 152 Å². The van der Waals surface area contributed by atoms with Crippen LogP contribution in [0.4, 0.5) is 0 Å². The summed E-state index contributed by atoms with van der Waals surface area (Å²) in [4.78, 5) is 10.3. The van der Waals surface area contributed by atoms with Crippen molar-refractivity contribution in [1.29, 1.82) is 0 Å². The number of aromatic nitrogens is 3. The Morgan fingerprint density at radius 3 is 1.98 bits per heavy atom. The van der Waals surface area contributed by atoms with Crippen LogP contribution in [0.1, 0.15) is 0 Å². The Morgan fingerprint density at radius 2 is 1.13 bits per heavy atom. The Kier molecular flexibility index (Phi) is 5.45. The number of hydrogen-bond acceptors (Lipinski definition) is 3. The topological polar surface area (TPSA) is 30.7 Å². The third-order valence-corrected chi connectivity index (χ3v) is 10.3. The van der Waals surface area contributed by atoms with Crippen LogP contribution in [-0.4, -0.2) is 14.5 Å². The largest absolute Gasteiger partial charge is 0.309 e. The van der Waals surface area contributed by atoms with Gasteiger partial charge in [-0.3, -0.25) is 0 Å². The minimum Gasteiger partial charge on any atom is -0.309 e. The van der Waals surface area contributed by atoms with Gasteiger partial charge in [-0.05, 0) is 59.3 Å². The summed E-state index contributed by atoms with van der Waals surface area (Å²) in [5.74, 6) is 0. The lowest BCUT2D eigenvalue weighted by atomic mass is 10.0. The summed E-state index contributed by atoms with van der Waals surface area (Å²) >= 11 is 1.87. The van der Waals surface area contributed by atoms with Crippen LogP contribution in [-0.2, 0) is 0 Å². The van der Waals surface area contributed by atoms with Crippen LogP contribution in [0.3, 0.4) is 0 Å². The molecule has 0 aliphatic carbocycles. The molecule has 0 amide bonds. The van der Waals surface area contributed by atoms with Gasteiger partial charge in [0.1, 0.15) is 0 Å². The molecule has 0 bridgehead atoms. The van der Waals surface area contributed by atoms with Gasteiger partial charge in [-0.25, -0.2) is 9.97 Å². The molecule has 4 heteroatoms. The van der Waals surface area contributed by atoms with Crippen LogP contribution in [0.5, 0.6) is 0 Å². The molecule has 0 N–H and O–H groups in total. The predicted molar refractivity (Wildman–Crippen MR) is 195 cm³/mol. The highest BCUT2D eigenvalue weighted by molar-refractivity contribution is 7.26. The maximum atomic E-state index is 5.19. The standard InChI is InChI=1S/C42H25N3S/c1-2-12-27(13-3-1)41-42(44-35-19-8-7-18-34(35)43-41)28-14-10-15-29(23-28)45-36-20-9-6-17-31(36)32-24-33-39(25-37(32)45)46-38-22-21-26-11-4-5-16-30(26)40(33)38/h1-25H. The van der Waals surface area contributed by atoms with Crippen molar-refractivity contribution in [1.82, 2.24) is 14.5 Å². The summed E-state index contributed by atoms with van der Waals surface area (Å²) in [6.07, 6.45) is 0. The number of thiophene rings is 1. The van der Waals surface area contributed by atoms with E-state index in [1.165, 1.54) is 52.8 Å². The van der Waals surface area contributed by atoms with Gasteiger partial charge in [0.05, 0.1) is 33.5 Å². The Balaban J connectivity index is 1.24. The molecule has 0 radical (unpaired) electrons. The van der Waals surface area contributed by atoms with Crippen LogP contribution in [0.25, 0.3) is 92.0 Å². The number of para-hydroxylation sites is 3. The van der Waals surface area contributed by atoms with E-state index >= 15 is 0 Å². The van der Waals surface area contributed by atoms with Crippen molar-refractivity contribution in [2.45, 2.75) is 0 Å². The normalized spacial score (nSPS) is 11.9. The first kappa shape index (κ1) is 25.5.